The van der Waals surface area contributed by atoms with Gasteiger partial charge in [-0.15, -0.1) is 0 Å². The zero-order valence-corrected chi connectivity index (χ0v) is 16.5. The first-order chi connectivity index (χ1) is 13.0. The molecule has 1 heterocycles. The fourth-order valence-corrected chi connectivity index (χ4v) is 3.67. The van der Waals surface area contributed by atoms with E-state index in [9.17, 15) is 4.79 Å². The van der Waals surface area contributed by atoms with E-state index in [1.165, 1.54) is 11.1 Å². The maximum absolute atomic E-state index is 12.6. The summed E-state index contributed by atoms with van der Waals surface area (Å²) in [6.07, 6.45) is 2.08. The van der Waals surface area contributed by atoms with Crippen molar-refractivity contribution in [3.63, 3.8) is 0 Å². The van der Waals surface area contributed by atoms with Crippen LogP contribution in [0.15, 0.2) is 36.4 Å². The van der Waals surface area contributed by atoms with Gasteiger partial charge in [0.15, 0.2) is 0 Å². The van der Waals surface area contributed by atoms with Crippen LogP contribution in [0.2, 0.25) is 0 Å². The Bertz CT molecular complexity index is 819. The van der Waals surface area contributed by atoms with E-state index >= 15 is 0 Å². The molecule has 1 amide bonds. The Morgan fingerprint density at radius 1 is 1.11 bits per heavy atom. The summed E-state index contributed by atoms with van der Waals surface area (Å²) in [5.41, 5.74) is 4.35. The average molecular weight is 368 g/mol. The third-order valence-corrected chi connectivity index (χ3v) is 5.30. The molecule has 3 rings (SSSR count). The molecule has 2 aromatic carbocycles. The van der Waals surface area contributed by atoms with Crippen molar-refractivity contribution < 1.29 is 14.3 Å². The molecule has 1 N–H and O–H groups in total. The minimum Gasteiger partial charge on any atom is -0.497 e. The maximum Gasteiger partial charge on any atom is 0.238 e. The molecule has 144 valence electrons. The Labute approximate surface area is 161 Å². The molecular formula is C22H28N2O3. The van der Waals surface area contributed by atoms with Crippen LogP contribution >= 0.6 is 0 Å². The fourth-order valence-electron chi connectivity index (χ4n) is 3.67. The van der Waals surface area contributed by atoms with Crippen LogP contribution in [0.4, 0.5) is 5.69 Å². The highest BCUT2D eigenvalue weighted by molar-refractivity contribution is 5.92. The topological polar surface area (TPSA) is 50.8 Å². The minimum absolute atomic E-state index is 0.0117. The number of nitrogens with one attached hydrogen (secondary N) is 1. The van der Waals surface area contributed by atoms with Gasteiger partial charge in [0.05, 0.1) is 20.8 Å². The van der Waals surface area contributed by atoms with E-state index in [0.29, 0.717) is 6.54 Å². The number of methoxy groups -OCH3 is 2. The van der Waals surface area contributed by atoms with Gasteiger partial charge in [-0.05, 0) is 62.6 Å². The van der Waals surface area contributed by atoms with Gasteiger partial charge in [0.2, 0.25) is 5.91 Å². The second-order valence-electron chi connectivity index (χ2n) is 7.08. The van der Waals surface area contributed by atoms with Crippen LogP contribution in [0.1, 0.15) is 35.6 Å². The first-order valence-electron chi connectivity index (χ1n) is 9.35. The predicted molar refractivity (Wildman–Crippen MR) is 108 cm³/mol. The predicted octanol–water partition coefficient (Wildman–Crippen LogP) is 4.10. The molecule has 0 aromatic heterocycles. The van der Waals surface area contributed by atoms with Crippen molar-refractivity contribution in [2.75, 3.05) is 32.6 Å². The number of benzene rings is 2. The summed E-state index contributed by atoms with van der Waals surface area (Å²) in [5, 5.41) is 3.02. The molecule has 5 heteroatoms. The maximum atomic E-state index is 12.6. The third-order valence-electron chi connectivity index (χ3n) is 5.30. The van der Waals surface area contributed by atoms with E-state index in [2.05, 4.69) is 24.1 Å². The lowest BCUT2D eigenvalue weighted by Crippen LogP contribution is -2.33. The van der Waals surface area contributed by atoms with Gasteiger partial charge in [-0.1, -0.05) is 12.1 Å². The summed E-state index contributed by atoms with van der Waals surface area (Å²) in [4.78, 5) is 14.8. The number of hydrogen-bond acceptors (Lipinski definition) is 4. The summed E-state index contributed by atoms with van der Waals surface area (Å²) < 4.78 is 10.9. The number of aryl methyl sites for hydroxylation is 2. The molecule has 1 atom stereocenters. The fraction of sp³-hybridized carbons (Fsp3) is 0.409. The molecule has 1 aliphatic heterocycles. The summed E-state index contributed by atoms with van der Waals surface area (Å²) >= 11 is 0. The molecule has 1 fully saturated rings. The van der Waals surface area contributed by atoms with E-state index in [1.54, 1.807) is 14.2 Å². The van der Waals surface area contributed by atoms with E-state index < -0.39 is 0 Å². The molecule has 1 saturated heterocycles. The lowest BCUT2D eigenvalue weighted by molar-refractivity contribution is -0.117. The van der Waals surface area contributed by atoms with Crippen LogP contribution in [0.5, 0.6) is 11.5 Å². The van der Waals surface area contributed by atoms with Crippen molar-refractivity contribution in [2.45, 2.75) is 32.7 Å². The van der Waals surface area contributed by atoms with Gasteiger partial charge in [-0.25, -0.2) is 0 Å². The minimum atomic E-state index is 0.0117. The highest BCUT2D eigenvalue weighted by Crippen LogP contribution is 2.38. The molecule has 27 heavy (non-hydrogen) atoms. The zero-order chi connectivity index (χ0) is 19.4. The van der Waals surface area contributed by atoms with Crippen LogP contribution in [-0.2, 0) is 4.79 Å². The van der Waals surface area contributed by atoms with Gasteiger partial charge in [0.1, 0.15) is 11.5 Å². The van der Waals surface area contributed by atoms with E-state index in [4.69, 9.17) is 9.47 Å². The van der Waals surface area contributed by atoms with Gasteiger partial charge in [0.25, 0.3) is 0 Å². The Kier molecular flexibility index (Phi) is 6.01. The Hall–Kier alpha value is -2.53. The average Bonchev–Trinajstić information content (AvgIpc) is 3.11. The lowest BCUT2D eigenvalue weighted by atomic mass is 10.0. The SMILES string of the molecule is COc1ccc([C@H]2CCCN2CC(=O)Nc2ccc(C)c(C)c2)c(OC)c1. The first kappa shape index (κ1) is 19.2. The summed E-state index contributed by atoms with van der Waals surface area (Å²) in [7, 11) is 3.32. The highest BCUT2D eigenvalue weighted by atomic mass is 16.5. The van der Waals surface area contributed by atoms with Gasteiger partial charge in [-0.3, -0.25) is 9.69 Å². The first-order valence-corrected chi connectivity index (χ1v) is 9.35. The van der Waals surface area contributed by atoms with Crippen LogP contribution in [0.3, 0.4) is 0 Å². The largest absolute Gasteiger partial charge is 0.497 e. The molecule has 0 unspecified atom stereocenters. The quantitative estimate of drug-likeness (QED) is 0.834. The number of amides is 1. The number of rotatable bonds is 6. The second kappa shape index (κ2) is 8.44. The molecule has 5 nitrogen and oxygen atoms in total. The number of likely N-dealkylation sites (tertiary alicyclic amines) is 1. The molecule has 0 aliphatic carbocycles. The van der Waals surface area contributed by atoms with Gasteiger partial charge < -0.3 is 14.8 Å². The number of anilines is 1. The monoisotopic (exact) mass is 368 g/mol. The normalized spacial score (nSPS) is 17.0. The summed E-state index contributed by atoms with van der Waals surface area (Å²) in [5.74, 6) is 1.59. The van der Waals surface area contributed by atoms with Crippen molar-refractivity contribution in [3.05, 3.63) is 53.1 Å². The molecular weight excluding hydrogens is 340 g/mol. The van der Waals surface area contributed by atoms with Crippen molar-refractivity contribution in [1.29, 1.82) is 0 Å². The highest BCUT2D eigenvalue weighted by Gasteiger charge is 2.29. The number of nitrogens with zero attached hydrogens (tertiary/aromatic N) is 1. The zero-order valence-electron chi connectivity index (χ0n) is 16.5. The molecule has 0 bridgehead atoms. The van der Waals surface area contributed by atoms with E-state index in [-0.39, 0.29) is 11.9 Å². The Morgan fingerprint density at radius 3 is 2.63 bits per heavy atom. The van der Waals surface area contributed by atoms with Gasteiger partial charge in [0, 0.05) is 23.4 Å². The van der Waals surface area contributed by atoms with E-state index in [1.807, 2.05) is 36.4 Å². The molecule has 0 saturated carbocycles. The van der Waals surface area contributed by atoms with Gasteiger partial charge >= 0.3 is 0 Å². The number of carbonyl (C=O) groups is 1. The van der Waals surface area contributed by atoms with Crippen LogP contribution in [0.25, 0.3) is 0 Å². The smallest absolute Gasteiger partial charge is 0.238 e. The van der Waals surface area contributed by atoms with Gasteiger partial charge in [-0.2, -0.15) is 0 Å². The van der Waals surface area contributed by atoms with Crippen molar-refractivity contribution in [2.24, 2.45) is 0 Å². The number of carbonyl (C=O) groups excluding carboxylic acids is 1. The molecule has 1 aliphatic rings. The molecule has 2 aromatic rings. The summed E-state index contributed by atoms with van der Waals surface area (Å²) in [6, 6.07) is 12.1. The Balaban J connectivity index is 1.71. The van der Waals surface area contributed by atoms with Crippen LogP contribution in [0, 0.1) is 13.8 Å². The molecule has 0 spiro atoms. The third kappa shape index (κ3) is 4.42. The van der Waals surface area contributed by atoms with Crippen molar-refractivity contribution in [1.82, 2.24) is 4.90 Å². The second-order valence-corrected chi connectivity index (χ2v) is 7.08. The number of ether oxygens (including phenoxy) is 2. The van der Waals surface area contributed by atoms with Crippen molar-refractivity contribution in [3.8, 4) is 11.5 Å². The lowest BCUT2D eigenvalue weighted by Gasteiger charge is -2.26. The van der Waals surface area contributed by atoms with Crippen LogP contribution in [-0.4, -0.2) is 38.1 Å². The molecule has 0 radical (unpaired) electrons. The van der Waals surface area contributed by atoms with Crippen molar-refractivity contribution >= 4 is 11.6 Å². The van der Waals surface area contributed by atoms with E-state index in [0.717, 1.165) is 42.1 Å². The van der Waals surface area contributed by atoms with Crippen LogP contribution < -0.4 is 14.8 Å². The summed E-state index contributed by atoms with van der Waals surface area (Å²) in [6.45, 7) is 5.39. The standard InChI is InChI=1S/C22H28N2O3/c1-15-7-8-17(12-16(15)2)23-22(25)14-24-11-5-6-20(24)19-10-9-18(26-3)13-21(19)27-4/h7-10,12-13,20H,5-6,11,14H2,1-4H3,(H,23,25)/t20-/m1/s1. The Morgan fingerprint density at radius 2 is 1.93 bits per heavy atom. The number of hydrogen-bond donors (Lipinski definition) is 1.